The van der Waals surface area contributed by atoms with Crippen molar-refractivity contribution in [3.63, 3.8) is 0 Å². The van der Waals surface area contributed by atoms with Crippen LogP contribution in [0.4, 0.5) is 11.4 Å². The Morgan fingerprint density at radius 2 is 1.52 bits per heavy atom. The molecule has 2 aliphatic heterocycles. The summed E-state index contributed by atoms with van der Waals surface area (Å²) in [5.41, 5.74) is 5.21. The molecule has 6 rings (SSSR count). The van der Waals surface area contributed by atoms with Crippen molar-refractivity contribution in [2.75, 3.05) is 16.8 Å². The van der Waals surface area contributed by atoms with Gasteiger partial charge in [0, 0.05) is 41.0 Å². The van der Waals surface area contributed by atoms with Crippen molar-refractivity contribution in [1.82, 2.24) is 5.32 Å². The van der Waals surface area contributed by atoms with Crippen LogP contribution in [0.25, 0.3) is 11.1 Å². The Hall–Kier alpha value is -4.71. The van der Waals surface area contributed by atoms with Crippen molar-refractivity contribution < 1.29 is 14.4 Å². The predicted octanol–water partition coefficient (Wildman–Crippen LogP) is 6.24. The van der Waals surface area contributed by atoms with Gasteiger partial charge in [0.15, 0.2) is 0 Å². The summed E-state index contributed by atoms with van der Waals surface area (Å²) in [4.78, 5) is 41.1. The van der Waals surface area contributed by atoms with Crippen LogP contribution in [0.15, 0.2) is 103 Å². The number of nitrogens with one attached hydrogen (secondary N) is 2. The number of piperidine rings is 1. The zero-order chi connectivity index (χ0) is 27.5. The number of benzene rings is 4. The molecule has 1 unspecified atom stereocenters. The maximum Gasteiger partial charge on any atom is 0.258 e. The predicted molar refractivity (Wildman–Crippen MR) is 157 cm³/mol. The fourth-order valence-electron chi connectivity index (χ4n) is 5.96. The van der Waals surface area contributed by atoms with Crippen LogP contribution < -0.4 is 15.5 Å². The Morgan fingerprint density at radius 3 is 2.33 bits per heavy atom. The molecule has 0 radical (unpaired) electrons. The van der Waals surface area contributed by atoms with E-state index < -0.39 is 0 Å². The summed E-state index contributed by atoms with van der Waals surface area (Å²) < 4.78 is 0. The molecule has 1 atom stereocenters. The summed E-state index contributed by atoms with van der Waals surface area (Å²) in [6.45, 7) is 0.519. The summed E-state index contributed by atoms with van der Waals surface area (Å²) in [6.07, 6.45) is 3.76. The van der Waals surface area contributed by atoms with Crippen molar-refractivity contribution in [1.29, 1.82) is 0 Å². The molecule has 0 saturated carbocycles. The second kappa shape index (κ2) is 10.8. The fourth-order valence-corrected chi connectivity index (χ4v) is 5.96. The van der Waals surface area contributed by atoms with Gasteiger partial charge in [-0.05, 0) is 78.8 Å². The number of hydrogen-bond acceptors (Lipinski definition) is 3. The van der Waals surface area contributed by atoms with Crippen LogP contribution in [0.5, 0.6) is 0 Å². The molecular weight excluding hydrogens is 498 g/mol. The highest BCUT2D eigenvalue weighted by Gasteiger charge is 2.39. The van der Waals surface area contributed by atoms with Crippen LogP contribution >= 0.6 is 0 Å². The van der Waals surface area contributed by atoms with Gasteiger partial charge in [-0.2, -0.15) is 0 Å². The molecule has 1 fully saturated rings. The molecule has 200 valence electrons. The van der Waals surface area contributed by atoms with E-state index in [0.717, 1.165) is 35.2 Å². The van der Waals surface area contributed by atoms with E-state index >= 15 is 0 Å². The smallest absolute Gasteiger partial charge is 0.258 e. The maximum atomic E-state index is 13.8. The lowest BCUT2D eigenvalue weighted by Crippen LogP contribution is -2.53. The molecule has 6 nitrogen and oxygen atoms in total. The fraction of sp³-hybridized carbons (Fsp3) is 0.206. The van der Waals surface area contributed by atoms with E-state index in [1.165, 1.54) is 0 Å². The quantitative estimate of drug-likeness (QED) is 0.329. The normalized spacial score (nSPS) is 18.4. The molecule has 0 aromatic heterocycles. The molecule has 2 heterocycles. The summed E-state index contributed by atoms with van der Waals surface area (Å²) in [5.74, 6) is -0.216. The molecule has 2 N–H and O–H groups in total. The Labute approximate surface area is 234 Å². The first kappa shape index (κ1) is 25.6. The third kappa shape index (κ3) is 5.13. The van der Waals surface area contributed by atoms with Crippen LogP contribution in [0, 0.1) is 0 Å². The molecule has 6 heteroatoms. The largest absolute Gasteiger partial charge is 0.350 e. The molecule has 4 aromatic rings. The van der Waals surface area contributed by atoms with Crippen molar-refractivity contribution in [2.24, 2.45) is 0 Å². The Kier molecular flexibility index (Phi) is 6.91. The number of rotatable bonds is 4. The van der Waals surface area contributed by atoms with Gasteiger partial charge in [-0.3, -0.25) is 14.4 Å². The molecule has 2 aliphatic rings. The molecule has 1 saturated heterocycles. The van der Waals surface area contributed by atoms with Crippen molar-refractivity contribution in [3.05, 3.63) is 120 Å². The van der Waals surface area contributed by atoms with Gasteiger partial charge >= 0.3 is 0 Å². The molecule has 3 amide bonds. The summed E-state index contributed by atoms with van der Waals surface area (Å²) in [6, 6.07) is 32.4. The first-order chi connectivity index (χ1) is 19.5. The second-order valence-electron chi connectivity index (χ2n) is 10.6. The van der Waals surface area contributed by atoms with Crippen LogP contribution in [-0.2, 0) is 11.2 Å². The average molecular weight is 530 g/mol. The van der Waals surface area contributed by atoms with E-state index in [1.807, 2.05) is 77.7 Å². The van der Waals surface area contributed by atoms with E-state index in [4.69, 9.17) is 0 Å². The first-order valence-electron chi connectivity index (χ1n) is 13.8. The second-order valence-corrected chi connectivity index (χ2v) is 10.6. The van der Waals surface area contributed by atoms with Gasteiger partial charge in [0.1, 0.15) is 0 Å². The number of amides is 3. The number of carbonyl (C=O) groups excluding carboxylic acids is 3. The summed E-state index contributed by atoms with van der Waals surface area (Å²) in [5, 5.41) is 6.23. The summed E-state index contributed by atoms with van der Waals surface area (Å²) >= 11 is 0. The van der Waals surface area contributed by atoms with E-state index in [-0.39, 0.29) is 23.3 Å². The third-order valence-corrected chi connectivity index (χ3v) is 7.98. The van der Waals surface area contributed by atoms with Crippen LogP contribution in [0.1, 0.15) is 52.0 Å². The SMILES string of the molecule is O=C1CCCC2(CCN(C(=O)c3ccc(NC(=O)c4ccccc4-c4ccccc4)cc3)c3ccccc3C2)N1. The minimum absolute atomic E-state index is 0.0903. The minimum Gasteiger partial charge on any atom is -0.350 e. The zero-order valence-corrected chi connectivity index (χ0v) is 22.2. The van der Waals surface area contributed by atoms with E-state index in [0.29, 0.717) is 42.6 Å². The highest BCUT2D eigenvalue weighted by molar-refractivity contribution is 6.10. The van der Waals surface area contributed by atoms with Gasteiger partial charge in [0.25, 0.3) is 11.8 Å². The molecule has 40 heavy (non-hydrogen) atoms. The zero-order valence-electron chi connectivity index (χ0n) is 22.2. The minimum atomic E-state index is -0.315. The van der Waals surface area contributed by atoms with Crippen molar-refractivity contribution >= 4 is 29.1 Å². The Morgan fingerprint density at radius 1 is 0.800 bits per heavy atom. The number of anilines is 2. The van der Waals surface area contributed by atoms with Crippen molar-refractivity contribution in [2.45, 2.75) is 37.6 Å². The van der Waals surface area contributed by atoms with E-state index in [1.54, 1.807) is 24.3 Å². The highest BCUT2D eigenvalue weighted by atomic mass is 16.2. The molecule has 4 aromatic carbocycles. The number of carbonyl (C=O) groups is 3. The number of hydrogen-bond donors (Lipinski definition) is 2. The van der Waals surface area contributed by atoms with Gasteiger partial charge in [0.05, 0.1) is 0 Å². The first-order valence-corrected chi connectivity index (χ1v) is 13.8. The highest BCUT2D eigenvalue weighted by Crippen LogP contribution is 2.36. The molecule has 0 aliphatic carbocycles. The lowest BCUT2D eigenvalue weighted by Gasteiger charge is -2.37. The topological polar surface area (TPSA) is 78.5 Å². The lowest BCUT2D eigenvalue weighted by molar-refractivity contribution is -0.125. The third-order valence-electron chi connectivity index (χ3n) is 7.98. The van der Waals surface area contributed by atoms with Crippen molar-refractivity contribution in [3.8, 4) is 11.1 Å². The van der Waals surface area contributed by atoms with E-state index in [2.05, 4.69) is 16.7 Å². The Balaban J connectivity index is 1.21. The summed E-state index contributed by atoms with van der Waals surface area (Å²) in [7, 11) is 0. The maximum absolute atomic E-state index is 13.8. The van der Waals surface area contributed by atoms with Gasteiger partial charge in [-0.15, -0.1) is 0 Å². The number of nitrogens with zero attached hydrogens (tertiary/aromatic N) is 1. The van der Waals surface area contributed by atoms with Gasteiger partial charge in [-0.25, -0.2) is 0 Å². The Bertz CT molecular complexity index is 1570. The number of para-hydroxylation sites is 1. The van der Waals surface area contributed by atoms with Gasteiger partial charge in [0.2, 0.25) is 5.91 Å². The van der Waals surface area contributed by atoms with Crippen LogP contribution in [-0.4, -0.2) is 29.8 Å². The number of fused-ring (bicyclic) bond motifs is 1. The molecular formula is C34H31N3O3. The van der Waals surface area contributed by atoms with Crippen LogP contribution in [0.2, 0.25) is 0 Å². The molecule has 0 bridgehead atoms. The van der Waals surface area contributed by atoms with E-state index in [9.17, 15) is 14.4 Å². The standard InChI is InChI=1S/C34H31N3O3/c38-31-15-8-20-34(36-31)21-22-37(30-14-7-4-11-26(30)23-34)33(40)25-16-18-27(19-17-25)35-32(39)29-13-6-5-12-28(29)24-9-2-1-3-10-24/h1-7,9-14,16-19H,8,15,20-23H2,(H,35,39)(H,36,38). The van der Waals surface area contributed by atoms with Gasteiger partial charge in [-0.1, -0.05) is 66.7 Å². The lowest BCUT2D eigenvalue weighted by atomic mass is 9.81. The van der Waals surface area contributed by atoms with Gasteiger partial charge < -0.3 is 15.5 Å². The average Bonchev–Trinajstić information content (AvgIpc) is 3.14. The van der Waals surface area contributed by atoms with Crippen LogP contribution in [0.3, 0.4) is 0 Å². The monoisotopic (exact) mass is 529 g/mol. The molecule has 1 spiro atoms.